The molecule has 100 valence electrons. The summed E-state index contributed by atoms with van der Waals surface area (Å²) < 4.78 is 10.4. The fourth-order valence-corrected chi connectivity index (χ4v) is 2.32. The lowest BCUT2D eigenvalue weighted by Gasteiger charge is -2.06. The van der Waals surface area contributed by atoms with Crippen molar-refractivity contribution in [1.82, 2.24) is 0 Å². The van der Waals surface area contributed by atoms with Crippen LogP contribution in [0.2, 0.25) is 0 Å². The van der Waals surface area contributed by atoms with Crippen molar-refractivity contribution in [3.05, 3.63) is 59.9 Å². The molecule has 0 spiro atoms. The number of furan rings is 1. The van der Waals surface area contributed by atoms with Crippen LogP contribution >= 0.6 is 0 Å². The van der Waals surface area contributed by atoms with Gasteiger partial charge in [-0.1, -0.05) is 30.3 Å². The van der Waals surface area contributed by atoms with E-state index in [9.17, 15) is 4.79 Å². The Kier molecular flexibility index (Phi) is 3.03. The number of aryl methyl sites for hydroxylation is 1. The van der Waals surface area contributed by atoms with Crippen LogP contribution in [-0.2, 0) is 4.74 Å². The summed E-state index contributed by atoms with van der Waals surface area (Å²) >= 11 is 0. The second-order valence-corrected chi connectivity index (χ2v) is 4.67. The van der Waals surface area contributed by atoms with Gasteiger partial charge in [0.25, 0.3) is 0 Å². The molecule has 0 aliphatic rings. The Morgan fingerprint density at radius 2 is 1.95 bits per heavy atom. The second kappa shape index (κ2) is 4.85. The molecule has 0 fully saturated rings. The minimum Gasteiger partial charge on any atom is -0.465 e. The number of rotatable bonds is 2. The van der Waals surface area contributed by atoms with Gasteiger partial charge in [-0.3, -0.25) is 0 Å². The van der Waals surface area contributed by atoms with Crippen LogP contribution in [0.1, 0.15) is 15.9 Å². The predicted octanol–water partition coefficient (Wildman–Crippen LogP) is 4.19. The molecule has 2 aromatic carbocycles. The van der Waals surface area contributed by atoms with Gasteiger partial charge in [0.2, 0.25) is 0 Å². The quantitative estimate of drug-likeness (QED) is 0.653. The van der Waals surface area contributed by atoms with Gasteiger partial charge in [-0.25, -0.2) is 4.79 Å². The van der Waals surface area contributed by atoms with Crippen molar-refractivity contribution >= 4 is 16.9 Å². The monoisotopic (exact) mass is 266 g/mol. The van der Waals surface area contributed by atoms with Gasteiger partial charge in [0, 0.05) is 10.9 Å². The molecule has 1 heterocycles. The second-order valence-electron chi connectivity index (χ2n) is 4.67. The lowest BCUT2D eigenvalue weighted by Crippen LogP contribution is -2.03. The molecule has 0 N–H and O–H groups in total. The number of carbonyl (C=O) groups excluding carboxylic acids is 1. The maximum Gasteiger partial charge on any atom is 0.338 e. The number of hydrogen-bond acceptors (Lipinski definition) is 3. The summed E-state index contributed by atoms with van der Waals surface area (Å²) in [4.78, 5) is 11.8. The van der Waals surface area contributed by atoms with Gasteiger partial charge < -0.3 is 9.15 Å². The van der Waals surface area contributed by atoms with Crippen LogP contribution in [0.5, 0.6) is 0 Å². The third-order valence-corrected chi connectivity index (χ3v) is 3.43. The fraction of sp³-hybridized carbons (Fsp3) is 0.118. The zero-order chi connectivity index (χ0) is 14.1. The molecule has 1 aromatic heterocycles. The van der Waals surface area contributed by atoms with E-state index in [1.54, 1.807) is 6.26 Å². The SMILES string of the molecule is COC(=O)c1cc(-c2coc3ccccc23)ccc1C. The normalized spacial score (nSPS) is 10.7. The first-order valence-electron chi connectivity index (χ1n) is 6.36. The average Bonchev–Trinajstić information content (AvgIpc) is 2.91. The van der Waals surface area contributed by atoms with E-state index >= 15 is 0 Å². The lowest BCUT2D eigenvalue weighted by atomic mass is 9.99. The summed E-state index contributed by atoms with van der Waals surface area (Å²) in [5.74, 6) is -0.322. The first-order valence-corrected chi connectivity index (χ1v) is 6.36. The number of esters is 1. The van der Waals surface area contributed by atoms with Crippen molar-refractivity contribution in [2.24, 2.45) is 0 Å². The van der Waals surface area contributed by atoms with Crippen LogP contribution in [0.4, 0.5) is 0 Å². The standard InChI is InChI=1S/C17H14O3/c1-11-7-8-12(9-14(11)17(18)19-2)15-10-20-16-6-4-3-5-13(15)16/h3-10H,1-2H3. The van der Waals surface area contributed by atoms with E-state index in [1.165, 1.54) is 7.11 Å². The first kappa shape index (κ1) is 12.5. The van der Waals surface area contributed by atoms with E-state index in [1.807, 2.05) is 49.4 Å². The van der Waals surface area contributed by atoms with Crippen LogP contribution in [0.15, 0.2) is 53.1 Å². The Hall–Kier alpha value is -2.55. The van der Waals surface area contributed by atoms with Gasteiger partial charge in [-0.15, -0.1) is 0 Å². The fourth-order valence-electron chi connectivity index (χ4n) is 2.32. The number of para-hydroxylation sites is 1. The molecule has 3 nitrogen and oxygen atoms in total. The maximum atomic E-state index is 11.8. The number of hydrogen-bond donors (Lipinski definition) is 0. The topological polar surface area (TPSA) is 39.4 Å². The summed E-state index contributed by atoms with van der Waals surface area (Å²) in [7, 11) is 1.39. The molecule has 0 aliphatic carbocycles. The zero-order valence-corrected chi connectivity index (χ0v) is 11.3. The van der Waals surface area contributed by atoms with Gasteiger partial charge in [0.15, 0.2) is 0 Å². The molecular weight excluding hydrogens is 252 g/mol. The Morgan fingerprint density at radius 3 is 2.75 bits per heavy atom. The lowest BCUT2D eigenvalue weighted by molar-refractivity contribution is 0.0600. The van der Waals surface area contributed by atoms with Gasteiger partial charge >= 0.3 is 5.97 Å². The number of ether oxygens (including phenoxy) is 1. The van der Waals surface area contributed by atoms with Crippen LogP contribution in [0.25, 0.3) is 22.1 Å². The Labute approximate surface area is 116 Å². The van der Waals surface area contributed by atoms with Crippen LogP contribution in [-0.4, -0.2) is 13.1 Å². The third kappa shape index (κ3) is 1.97. The molecule has 20 heavy (non-hydrogen) atoms. The van der Waals surface area contributed by atoms with Gasteiger partial charge in [0.05, 0.1) is 18.9 Å². The summed E-state index contributed by atoms with van der Waals surface area (Å²) in [6.45, 7) is 1.89. The third-order valence-electron chi connectivity index (χ3n) is 3.43. The van der Waals surface area contributed by atoms with E-state index in [4.69, 9.17) is 9.15 Å². The van der Waals surface area contributed by atoms with Gasteiger partial charge in [-0.05, 0) is 30.2 Å². The van der Waals surface area contributed by atoms with Crippen molar-refractivity contribution < 1.29 is 13.9 Å². The summed E-state index contributed by atoms with van der Waals surface area (Å²) in [6.07, 6.45) is 1.72. The Bertz CT molecular complexity index is 784. The molecule has 3 rings (SSSR count). The highest BCUT2D eigenvalue weighted by Crippen LogP contribution is 2.31. The van der Waals surface area contributed by atoms with E-state index < -0.39 is 0 Å². The minimum atomic E-state index is -0.322. The number of carbonyl (C=O) groups is 1. The highest BCUT2D eigenvalue weighted by atomic mass is 16.5. The minimum absolute atomic E-state index is 0.322. The smallest absolute Gasteiger partial charge is 0.338 e. The molecule has 0 aliphatic heterocycles. The molecule has 3 heteroatoms. The number of methoxy groups -OCH3 is 1. The van der Waals surface area contributed by atoms with Crippen LogP contribution in [0.3, 0.4) is 0 Å². The largest absolute Gasteiger partial charge is 0.465 e. The van der Waals surface area contributed by atoms with Crippen molar-refractivity contribution in [3.8, 4) is 11.1 Å². The molecule has 3 aromatic rings. The van der Waals surface area contributed by atoms with E-state index in [0.717, 1.165) is 27.7 Å². The predicted molar refractivity (Wildman–Crippen MR) is 77.7 cm³/mol. The average molecular weight is 266 g/mol. The van der Waals surface area contributed by atoms with E-state index in [-0.39, 0.29) is 5.97 Å². The first-order chi connectivity index (χ1) is 9.70. The van der Waals surface area contributed by atoms with Gasteiger partial charge in [-0.2, -0.15) is 0 Å². The summed E-state index contributed by atoms with van der Waals surface area (Å²) in [5.41, 5.74) is 4.23. The summed E-state index contributed by atoms with van der Waals surface area (Å²) in [5, 5.41) is 1.03. The van der Waals surface area contributed by atoms with Gasteiger partial charge in [0.1, 0.15) is 5.58 Å². The summed E-state index contributed by atoms with van der Waals surface area (Å²) in [6, 6.07) is 13.6. The molecule has 0 atom stereocenters. The molecular formula is C17H14O3. The molecule has 0 saturated heterocycles. The highest BCUT2D eigenvalue weighted by Gasteiger charge is 2.13. The molecule has 0 radical (unpaired) electrons. The zero-order valence-electron chi connectivity index (χ0n) is 11.3. The maximum absolute atomic E-state index is 11.8. The van der Waals surface area contributed by atoms with Crippen molar-refractivity contribution in [3.63, 3.8) is 0 Å². The van der Waals surface area contributed by atoms with Crippen molar-refractivity contribution in [1.29, 1.82) is 0 Å². The number of benzene rings is 2. The molecule has 0 saturated carbocycles. The van der Waals surface area contributed by atoms with E-state index in [2.05, 4.69) is 0 Å². The van der Waals surface area contributed by atoms with E-state index in [0.29, 0.717) is 5.56 Å². The van der Waals surface area contributed by atoms with Crippen LogP contribution in [0, 0.1) is 6.92 Å². The van der Waals surface area contributed by atoms with Crippen LogP contribution < -0.4 is 0 Å². The van der Waals surface area contributed by atoms with Crippen molar-refractivity contribution in [2.45, 2.75) is 6.92 Å². The van der Waals surface area contributed by atoms with Crippen molar-refractivity contribution in [2.75, 3.05) is 7.11 Å². The Morgan fingerprint density at radius 1 is 1.15 bits per heavy atom. The number of fused-ring (bicyclic) bond motifs is 1. The Balaban J connectivity index is 2.17. The molecule has 0 unspecified atom stereocenters. The molecule has 0 amide bonds. The molecule has 0 bridgehead atoms. The highest BCUT2D eigenvalue weighted by molar-refractivity contribution is 5.97.